The number of carbonyl (C=O) groups is 1. The predicted octanol–water partition coefficient (Wildman–Crippen LogP) is 3.05. The van der Waals surface area contributed by atoms with Gasteiger partial charge in [0.15, 0.2) is 11.4 Å². The van der Waals surface area contributed by atoms with Crippen LogP contribution in [0.5, 0.6) is 0 Å². The molecule has 154 valence electrons. The van der Waals surface area contributed by atoms with Crippen LogP contribution in [-0.2, 0) is 6.18 Å². The highest BCUT2D eigenvalue weighted by Gasteiger charge is 2.44. The van der Waals surface area contributed by atoms with Gasteiger partial charge in [-0.05, 0) is 36.1 Å². The maximum absolute atomic E-state index is 13.7. The van der Waals surface area contributed by atoms with E-state index in [1.165, 1.54) is 4.90 Å². The molecule has 1 amide bonds. The molecule has 2 aromatic rings. The quantitative estimate of drug-likeness (QED) is 0.756. The highest BCUT2D eigenvalue weighted by atomic mass is 35.5. The van der Waals surface area contributed by atoms with Gasteiger partial charge in [-0.25, -0.2) is 9.07 Å². The van der Waals surface area contributed by atoms with E-state index in [2.05, 4.69) is 10.3 Å². The van der Waals surface area contributed by atoms with Gasteiger partial charge < -0.3 is 10.6 Å². The van der Waals surface area contributed by atoms with E-state index in [-0.39, 0.29) is 37.2 Å². The van der Waals surface area contributed by atoms with Crippen molar-refractivity contribution in [2.45, 2.75) is 32.5 Å². The van der Waals surface area contributed by atoms with Crippen LogP contribution in [0.15, 0.2) is 24.3 Å². The van der Waals surface area contributed by atoms with Crippen molar-refractivity contribution >= 4 is 18.3 Å². The van der Waals surface area contributed by atoms with E-state index in [0.29, 0.717) is 11.1 Å². The number of nitrogens with two attached hydrogens (primary N) is 1. The van der Waals surface area contributed by atoms with Crippen molar-refractivity contribution in [2.75, 3.05) is 13.1 Å². The third-order valence-electron chi connectivity index (χ3n) is 4.81. The van der Waals surface area contributed by atoms with E-state index in [4.69, 9.17) is 5.73 Å². The lowest BCUT2D eigenvalue weighted by Crippen LogP contribution is -2.54. The van der Waals surface area contributed by atoms with Gasteiger partial charge in [-0.1, -0.05) is 19.1 Å². The van der Waals surface area contributed by atoms with Gasteiger partial charge in [0.25, 0.3) is 5.91 Å². The third-order valence-corrected chi connectivity index (χ3v) is 4.81. The summed E-state index contributed by atoms with van der Waals surface area (Å²) in [5, 5.41) is 7.00. The second-order valence-electron chi connectivity index (χ2n) is 7.28. The van der Waals surface area contributed by atoms with E-state index in [1.807, 2.05) is 13.8 Å². The van der Waals surface area contributed by atoms with E-state index < -0.39 is 34.7 Å². The molecule has 1 aromatic heterocycles. The number of hydrogen-bond donors (Lipinski definition) is 1. The van der Waals surface area contributed by atoms with Crippen LogP contribution < -0.4 is 5.73 Å². The lowest BCUT2D eigenvalue weighted by molar-refractivity contribution is -0.143. The van der Waals surface area contributed by atoms with E-state index in [1.54, 1.807) is 0 Å². The van der Waals surface area contributed by atoms with Gasteiger partial charge in [-0.3, -0.25) is 4.79 Å². The Kier molecular flexibility index (Phi) is 6.05. The maximum Gasteiger partial charge on any atom is 0.435 e. The monoisotopic (exact) mass is 421 g/mol. The van der Waals surface area contributed by atoms with E-state index in [9.17, 15) is 22.4 Å². The highest BCUT2D eigenvalue weighted by molar-refractivity contribution is 5.93. The number of amides is 1. The normalized spacial score (nSPS) is 19.2. The molecule has 2 heterocycles. The van der Waals surface area contributed by atoms with Crippen molar-refractivity contribution in [1.29, 1.82) is 0 Å². The summed E-state index contributed by atoms with van der Waals surface area (Å²) >= 11 is 0. The molecule has 3 rings (SSSR count). The smallest absolute Gasteiger partial charge is 0.337 e. The molecule has 1 saturated heterocycles. The number of alkyl halides is 3. The topological polar surface area (TPSA) is 77.0 Å². The molecule has 11 heteroatoms. The first kappa shape index (κ1) is 22.1. The Labute approximate surface area is 165 Å². The molecule has 1 atom stereocenters. The molecule has 6 nitrogen and oxygen atoms in total. The lowest BCUT2D eigenvalue weighted by atomic mass is 9.79. The summed E-state index contributed by atoms with van der Waals surface area (Å²) < 4.78 is 54.6. The van der Waals surface area contributed by atoms with Gasteiger partial charge in [-0.15, -0.1) is 17.5 Å². The summed E-state index contributed by atoms with van der Waals surface area (Å²) in [6, 6.07) is 4.13. The summed E-state index contributed by atoms with van der Waals surface area (Å²) in [7, 11) is 0. The number of carbonyl (C=O) groups excluding carboxylic acids is 1. The average molecular weight is 422 g/mol. The Hall–Kier alpha value is -2.20. The van der Waals surface area contributed by atoms with Crippen LogP contribution in [0.1, 0.15) is 36.5 Å². The number of nitrogens with zero attached hydrogens (tertiary/aromatic N) is 4. The zero-order valence-corrected chi connectivity index (χ0v) is 16.0. The molecular formula is C17H20ClF4N5O. The molecule has 1 aliphatic heterocycles. The summed E-state index contributed by atoms with van der Waals surface area (Å²) in [5.41, 5.74) is 3.48. The summed E-state index contributed by atoms with van der Waals surface area (Å²) in [6.07, 6.45) is -4.39. The van der Waals surface area contributed by atoms with Crippen LogP contribution in [-0.4, -0.2) is 44.9 Å². The number of hydrogen-bond acceptors (Lipinski definition) is 4. The summed E-state index contributed by atoms with van der Waals surface area (Å²) in [4.78, 5) is 14.1. The van der Waals surface area contributed by atoms with Gasteiger partial charge in [0.2, 0.25) is 0 Å². The lowest BCUT2D eigenvalue weighted by Gasteiger charge is -2.42. The molecule has 1 aromatic carbocycles. The first-order valence-corrected chi connectivity index (χ1v) is 8.34. The Bertz CT molecular complexity index is 850. The van der Waals surface area contributed by atoms with Gasteiger partial charge in [0, 0.05) is 19.1 Å². The summed E-state index contributed by atoms with van der Waals surface area (Å²) in [6.45, 7) is 4.17. The van der Waals surface area contributed by atoms with Crippen LogP contribution in [0, 0.1) is 11.2 Å². The van der Waals surface area contributed by atoms with Crippen LogP contribution in [0.25, 0.3) is 5.69 Å². The number of benzene rings is 1. The summed E-state index contributed by atoms with van der Waals surface area (Å²) in [5.74, 6) is -1.45. The molecule has 0 spiro atoms. The zero-order valence-electron chi connectivity index (χ0n) is 15.2. The van der Waals surface area contributed by atoms with Crippen molar-refractivity contribution in [3.05, 3.63) is 41.5 Å². The van der Waals surface area contributed by atoms with Crippen molar-refractivity contribution in [3.8, 4) is 5.69 Å². The van der Waals surface area contributed by atoms with Crippen molar-refractivity contribution in [1.82, 2.24) is 19.9 Å². The number of likely N-dealkylation sites (tertiary alicyclic amines) is 1. The highest BCUT2D eigenvalue weighted by Crippen LogP contribution is 2.34. The Balaban J connectivity index is 0.00000280. The Morgan fingerprint density at radius 2 is 1.86 bits per heavy atom. The predicted molar refractivity (Wildman–Crippen MR) is 95.8 cm³/mol. The van der Waals surface area contributed by atoms with Crippen molar-refractivity contribution in [2.24, 2.45) is 11.1 Å². The van der Waals surface area contributed by atoms with Gasteiger partial charge in [0.1, 0.15) is 5.82 Å². The average Bonchev–Trinajstić information content (AvgIpc) is 3.02. The minimum Gasteiger partial charge on any atom is -0.337 e. The zero-order chi connectivity index (χ0) is 20.0. The largest absolute Gasteiger partial charge is 0.435 e. The fraction of sp³-hybridized carbons (Fsp3) is 0.471. The molecule has 2 N–H and O–H groups in total. The molecule has 28 heavy (non-hydrogen) atoms. The second kappa shape index (κ2) is 7.67. The van der Waals surface area contributed by atoms with Gasteiger partial charge in [-0.2, -0.15) is 13.2 Å². The first-order chi connectivity index (χ1) is 12.5. The fourth-order valence-electron chi connectivity index (χ4n) is 3.14. The Morgan fingerprint density at radius 3 is 2.39 bits per heavy atom. The van der Waals surface area contributed by atoms with Gasteiger partial charge in [0.05, 0.1) is 5.69 Å². The number of aromatic nitrogens is 3. The van der Waals surface area contributed by atoms with Crippen LogP contribution >= 0.6 is 12.4 Å². The molecular weight excluding hydrogens is 402 g/mol. The van der Waals surface area contributed by atoms with Crippen LogP contribution in [0.3, 0.4) is 0 Å². The Morgan fingerprint density at radius 1 is 1.25 bits per heavy atom. The molecule has 0 radical (unpaired) electrons. The minimum atomic E-state index is -4.87. The van der Waals surface area contributed by atoms with Gasteiger partial charge >= 0.3 is 6.18 Å². The molecule has 0 aliphatic carbocycles. The van der Waals surface area contributed by atoms with Crippen LogP contribution in [0.2, 0.25) is 0 Å². The molecule has 1 fully saturated rings. The van der Waals surface area contributed by atoms with Crippen molar-refractivity contribution in [3.63, 3.8) is 0 Å². The SMILES string of the molecule is CC1(C)CN(C(=O)c2nnn(-c3ccc(F)cc3)c2C(F)(F)F)CCC1N.Cl. The maximum atomic E-state index is 13.7. The number of halogens is 5. The van der Waals surface area contributed by atoms with Crippen molar-refractivity contribution < 1.29 is 22.4 Å². The molecule has 0 bridgehead atoms. The van der Waals surface area contributed by atoms with Crippen LogP contribution in [0.4, 0.5) is 17.6 Å². The number of piperidine rings is 1. The fourth-order valence-corrected chi connectivity index (χ4v) is 3.14. The van der Waals surface area contributed by atoms with E-state index in [0.717, 1.165) is 24.3 Å². The molecule has 0 saturated carbocycles. The third kappa shape index (κ3) is 4.12. The standard InChI is InChI=1S/C17H19F4N5O.ClH/c1-16(2)9-25(8-7-12(16)22)15(27)13-14(17(19,20)21)26(24-23-13)11-5-3-10(18)4-6-11;/h3-6,12H,7-9,22H2,1-2H3;1H. The number of rotatable bonds is 2. The molecule has 1 aliphatic rings. The van der Waals surface area contributed by atoms with E-state index >= 15 is 0 Å². The first-order valence-electron chi connectivity index (χ1n) is 8.34. The minimum absolute atomic E-state index is 0. The second-order valence-corrected chi connectivity index (χ2v) is 7.28. The molecule has 1 unspecified atom stereocenters.